The second-order valence-electron chi connectivity index (χ2n) is 11.5. The number of hydrogen-bond donors (Lipinski definition) is 0. The second-order valence-corrected chi connectivity index (χ2v) is 11.5. The van der Waals surface area contributed by atoms with Crippen molar-refractivity contribution in [3.8, 4) is 0 Å². The van der Waals surface area contributed by atoms with Crippen LogP contribution >= 0.6 is 0 Å². The molecule has 268 valence electrons. The van der Waals surface area contributed by atoms with Crippen LogP contribution in [0.25, 0.3) is 5.57 Å². The molecular formula is C48H76. The normalized spacial score (nSPS) is 11.8. The van der Waals surface area contributed by atoms with Gasteiger partial charge in [0, 0.05) is 5.57 Å². The molecule has 0 saturated heterocycles. The van der Waals surface area contributed by atoms with Crippen molar-refractivity contribution in [2.45, 2.75) is 142 Å². The monoisotopic (exact) mass is 653 g/mol. The Morgan fingerprint density at radius 2 is 1.27 bits per heavy atom. The quantitative estimate of drug-likeness (QED) is 0.165. The molecule has 1 aromatic carbocycles. The number of benzene rings is 1. The highest BCUT2D eigenvalue weighted by molar-refractivity contribution is 5.64. The van der Waals surface area contributed by atoms with E-state index in [1.807, 2.05) is 78.8 Å². The Hall–Kier alpha value is -3.60. The van der Waals surface area contributed by atoms with E-state index in [-0.39, 0.29) is 0 Å². The lowest BCUT2D eigenvalue weighted by molar-refractivity contribution is 0.886. The number of rotatable bonds is 11. The molecule has 48 heavy (non-hydrogen) atoms. The molecule has 0 heteroatoms. The third-order valence-electron chi connectivity index (χ3n) is 7.19. The first-order chi connectivity index (χ1) is 22.8. The summed E-state index contributed by atoms with van der Waals surface area (Å²) < 4.78 is 0. The number of unbranched alkanes of at least 4 members (excludes halogenated alkanes) is 1. The third-order valence-corrected chi connectivity index (χ3v) is 7.19. The topological polar surface area (TPSA) is 0 Å². The molecule has 0 heterocycles. The summed E-state index contributed by atoms with van der Waals surface area (Å²) in [5.41, 5.74) is 16.8. The van der Waals surface area contributed by atoms with Gasteiger partial charge in [-0.15, -0.1) is 5.73 Å². The fourth-order valence-electron chi connectivity index (χ4n) is 3.77. The van der Waals surface area contributed by atoms with Gasteiger partial charge in [-0.05, 0) is 109 Å². The minimum absolute atomic E-state index is 0.964. The number of hydrogen-bond acceptors (Lipinski definition) is 0. The fourth-order valence-corrected chi connectivity index (χ4v) is 3.77. The molecule has 0 fully saturated rings. The van der Waals surface area contributed by atoms with E-state index in [4.69, 9.17) is 0 Å². The van der Waals surface area contributed by atoms with Crippen LogP contribution in [0.1, 0.15) is 147 Å². The summed E-state index contributed by atoms with van der Waals surface area (Å²) in [7, 11) is 0. The van der Waals surface area contributed by atoms with Gasteiger partial charge in [-0.1, -0.05) is 183 Å². The van der Waals surface area contributed by atoms with Crippen LogP contribution in [0.3, 0.4) is 0 Å². The molecule has 0 bridgehead atoms. The van der Waals surface area contributed by atoms with E-state index >= 15 is 0 Å². The van der Waals surface area contributed by atoms with Crippen LogP contribution in [-0.4, -0.2) is 0 Å². The summed E-state index contributed by atoms with van der Waals surface area (Å²) in [5, 5.41) is 0. The van der Waals surface area contributed by atoms with E-state index in [0.717, 1.165) is 40.7 Å². The lowest BCUT2D eigenvalue weighted by Gasteiger charge is -2.08. The highest BCUT2D eigenvalue weighted by atomic mass is 14.1. The Kier molecular flexibility index (Phi) is 37.1. The van der Waals surface area contributed by atoms with Gasteiger partial charge in [-0.2, -0.15) is 0 Å². The summed E-state index contributed by atoms with van der Waals surface area (Å²) in [6.45, 7) is 47.1. The molecule has 0 amide bonds. The molecule has 0 nitrogen and oxygen atoms in total. The van der Waals surface area contributed by atoms with Gasteiger partial charge in [-0.25, -0.2) is 0 Å². The van der Waals surface area contributed by atoms with E-state index in [1.54, 1.807) is 0 Å². The molecule has 1 aromatic rings. The van der Waals surface area contributed by atoms with Crippen LogP contribution < -0.4 is 0 Å². The number of aryl methyl sites for hydroxylation is 1. The first-order valence-corrected chi connectivity index (χ1v) is 18.3. The maximum absolute atomic E-state index is 4.17. The zero-order chi connectivity index (χ0) is 38.1. The van der Waals surface area contributed by atoms with Crippen molar-refractivity contribution in [2.24, 2.45) is 0 Å². The molecular weight excluding hydrogens is 577 g/mol. The van der Waals surface area contributed by atoms with Gasteiger partial charge in [0.25, 0.3) is 0 Å². The van der Waals surface area contributed by atoms with E-state index in [0.29, 0.717) is 0 Å². The maximum Gasteiger partial charge on any atom is 0.0220 e. The average molecular weight is 653 g/mol. The van der Waals surface area contributed by atoms with Crippen molar-refractivity contribution >= 4 is 5.57 Å². The summed E-state index contributed by atoms with van der Waals surface area (Å²) in [5.74, 6) is 0. The van der Waals surface area contributed by atoms with Crippen molar-refractivity contribution in [1.82, 2.24) is 0 Å². The van der Waals surface area contributed by atoms with Gasteiger partial charge in [0.2, 0.25) is 0 Å². The zero-order valence-corrected chi connectivity index (χ0v) is 34.4. The van der Waals surface area contributed by atoms with Gasteiger partial charge >= 0.3 is 0 Å². The fraction of sp³-hybridized carbons (Fsp3) is 0.438. The van der Waals surface area contributed by atoms with Crippen LogP contribution in [0, 0.1) is 6.92 Å². The van der Waals surface area contributed by atoms with Crippen LogP contribution in [0.2, 0.25) is 0 Å². The molecule has 0 atom stereocenters. The Bertz CT molecular complexity index is 1280. The Morgan fingerprint density at radius 1 is 0.729 bits per heavy atom. The summed E-state index contributed by atoms with van der Waals surface area (Å²) >= 11 is 0. The standard InChI is InChI=1S/C18H22.C12H20.C10H12.C4H10.2C2H6/c1-14(2)15(3)11-9-12-17(5)18-13-8-6-7-10-16(18)4;1-6-8-12(7-2)9-11(5)10(3)4;1-8(2)10-7-5-4-6-9(10)3;1-3-4-2;2*1-2/h6-8,10-11H,1,5,9,12H2,2-4H3;7,9H,3,6,8H2,1-2,4-5H3;4-7H,1H2,2-3H3;3-4H2,1-2H3;2*1-2H3/b15-11+;11-9-,12-7-;;;;. The van der Waals surface area contributed by atoms with Gasteiger partial charge < -0.3 is 0 Å². The Labute approximate surface area is 301 Å². The summed E-state index contributed by atoms with van der Waals surface area (Å²) in [4.78, 5) is 0. The van der Waals surface area contributed by atoms with Crippen molar-refractivity contribution in [1.29, 1.82) is 0 Å². The van der Waals surface area contributed by atoms with Crippen molar-refractivity contribution in [3.63, 3.8) is 0 Å². The third kappa shape index (κ3) is 27.5. The zero-order valence-electron chi connectivity index (χ0n) is 34.4. The Balaban J connectivity index is -0.000000282. The van der Waals surface area contributed by atoms with E-state index in [1.165, 1.54) is 59.1 Å². The van der Waals surface area contributed by atoms with Gasteiger partial charge in [0.1, 0.15) is 0 Å². The Morgan fingerprint density at radius 3 is 1.69 bits per heavy atom. The lowest BCUT2D eigenvalue weighted by Crippen LogP contribution is -1.89. The first kappa shape index (κ1) is 51.2. The molecule has 0 unspecified atom stereocenters. The predicted octanol–water partition coefficient (Wildman–Crippen LogP) is 16.6. The van der Waals surface area contributed by atoms with E-state index < -0.39 is 0 Å². The molecule has 0 radical (unpaired) electrons. The van der Waals surface area contributed by atoms with Crippen LogP contribution in [0.5, 0.6) is 0 Å². The molecule has 1 aliphatic carbocycles. The highest BCUT2D eigenvalue weighted by Gasteiger charge is 2.04. The van der Waals surface area contributed by atoms with Crippen molar-refractivity contribution in [3.05, 3.63) is 155 Å². The van der Waals surface area contributed by atoms with Gasteiger partial charge in [0.05, 0.1) is 0 Å². The lowest BCUT2D eigenvalue weighted by atomic mass is 9.96. The van der Waals surface area contributed by atoms with Crippen LogP contribution in [-0.2, 0) is 0 Å². The second kappa shape index (κ2) is 34.7. The van der Waals surface area contributed by atoms with Crippen molar-refractivity contribution in [2.75, 3.05) is 0 Å². The molecule has 0 aromatic heterocycles. The summed E-state index contributed by atoms with van der Waals surface area (Å²) in [6, 6.07) is 8.28. The smallest absolute Gasteiger partial charge is 0.0220 e. The number of allylic oxidation sites excluding steroid dienone is 15. The minimum Gasteiger partial charge on any atom is -0.112 e. The molecule has 0 spiro atoms. The predicted molar refractivity (Wildman–Crippen MR) is 228 cm³/mol. The maximum atomic E-state index is 4.17. The van der Waals surface area contributed by atoms with Gasteiger partial charge in [-0.3, -0.25) is 0 Å². The minimum atomic E-state index is 0.964. The molecule has 0 aliphatic heterocycles. The van der Waals surface area contributed by atoms with Gasteiger partial charge in [0.15, 0.2) is 0 Å². The van der Waals surface area contributed by atoms with E-state index in [2.05, 4.69) is 124 Å². The molecule has 0 N–H and O–H groups in total. The molecule has 0 saturated carbocycles. The highest BCUT2D eigenvalue weighted by Crippen LogP contribution is 2.23. The summed E-state index contributed by atoms with van der Waals surface area (Å²) in [6.07, 6.45) is 21.7. The SMILES string of the molecule is C=C(C)/C(C)=C\C(=C/C)CCC.C=C(C)c1ccccc1C.C=C(CC/C=C(\C)C(=C)C)C1=C=CC=CC=C1C.CC.CC.CCCC. The average Bonchev–Trinajstić information content (AvgIpc) is 3.30. The molecule has 1 aliphatic rings. The van der Waals surface area contributed by atoms with E-state index in [9.17, 15) is 0 Å². The first-order valence-electron chi connectivity index (χ1n) is 18.3. The van der Waals surface area contributed by atoms with Crippen LogP contribution in [0.4, 0.5) is 0 Å². The van der Waals surface area contributed by atoms with Crippen molar-refractivity contribution < 1.29 is 0 Å². The molecule has 2 rings (SSSR count). The van der Waals surface area contributed by atoms with Crippen LogP contribution in [0.15, 0.2) is 143 Å². The largest absolute Gasteiger partial charge is 0.112 e.